The van der Waals surface area contributed by atoms with Crippen LogP contribution < -0.4 is 10.6 Å². The first-order valence-corrected chi connectivity index (χ1v) is 8.33. The van der Waals surface area contributed by atoms with E-state index in [2.05, 4.69) is 35.7 Å². The fraction of sp³-hybridized carbons (Fsp3) is 0.923. The van der Waals surface area contributed by atoms with Crippen LogP contribution in [-0.4, -0.2) is 50.8 Å². The van der Waals surface area contributed by atoms with Gasteiger partial charge in [-0.25, -0.2) is 0 Å². The van der Waals surface area contributed by atoms with Gasteiger partial charge < -0.3 is 15.4 Å². The number of hydrogen-bond acceptors (Lipinski definition) is 3. The van der Waals surface area contributed by atoms with E-state index in [4.69, 9.17) is 4.74 Å². The minimum absolute atomic E-state index is 0. The molecule has 0 atom stereocenters. The third-order valence-electron chi connectivity index (χ3n) is 2.30. The molecule has 0 fully saturated rings. The fourth-order valence-corrected chi connectivity index (χ4v) is 1.63. The van der Waals surface area contributed by atoms with Crippen LogP contribution >= 0.6 is 35.7 Å². The van der Waals surface area contributed by atoms with Gasteiger partial charge in [0, 0.05) is 38.6 Å². The molecule has 0 heterocycles. The molecule has 0 aliphatic heterocycles. The topological polar surface area (TPSA) is 45.6 Å². The first-order chi connectivity index (χ1) is 8.85. The molecule has 0 radical (unpaired) electrons. The van der Waals surface area contributed by atoms with Gasteiger partial charge >= 0.3 is 0 Å². The summed E-state index contributed by atoms with van der Waals surface area (Å²) in [6.45, 7) is 8.63. The van der Waals surface area contributed by atoms with E-state index in [1.165, 1.54) is 6.42 Å². The van der Waals surface area contributed by atoms with Gasteiger partial charge in [-0.3, -0.25) is 4.99 Å². The molecule has 0 amide bonds. The number of ether oxygens (including phenoxy) is 1. The van der Waals surface area contributed by atoms with Crippen molar-refractivity contribution in [1.82, 2.24) is 10.6 Å². The second-order valence-corrected chi connectivity index (χ2v) is 4.99. The smallest absolute Gasteiger partial charge is 0.191 e. The number of unbranched alkanes of at least 4 members (excludes halogenated alkanes) is 1. The molecule has 0 saturated carbocycles. The first-order valence-electron chi connectivity index (χ1n) is 6.94. The average molecular weight is 403 g/mol. The van der Waals surface area contributed by atoms with E-state index in [9.17, 15) is 0 Å². The van der Waals surface area contributed by atoms with Crippen molar-refractivity contribution in [1.29, 1.82) is 0 Å². The summed E-state index contributed by atoms with van der Waals surface area (Å²) in [5.41, 5.74) is 0. The van der Waals surface area contributed by atoms with Crippen molar-refractivity contribution in [3.63, 3.8) is 0 Å². The Kier molecular flexibility index (Phi) is 20.8. The molecule has 0 aromatic heterocycles. The minimum atomic E-state index is 0. The number of hydrogen-bond donors (Lipinski definition) is 2. The van der Waals surface area contributed by atoms with Crippen LogP contribution in [0.15, 0.2) is 4.99 Å². The lowest BCUT2D eigenvalue weighted by Crippen LogP contribution is -2.38. The second-order valence-electron chi connectivity index (χ2n) is 4.00. The van der Waals surface area contributed by atoms with Crippen LogP contribution in [0.1, 0.15) is 33.1 Å². The molecular weight excluding hydrogens is 373 g/mol. The van der Waals surface area contributed by atoms with E-state index >= 15 is 0 Å². The lowest BCUT2D eigenvalue weighted by atomic mass is 10.4. The highest BCUT2D eigenvalue weighted by Crippen LogP contribution is 1.91. The lowest BCUT2D eigenvalue weighted by molar-refractivity contribution is 0.130. The number of halogens is 1. The van der Waals surface area contributed by atoms with Crippen molar-refractivity contribution < 1.29 is 4.74 Å². The van der Waals surface area contributed by atoms with Crippen molar-refractivity contribution in [2.45, 2.75) is 33.1 Å². The Morgan fingerprint density at radius 2 is 1.89 bits per heavy atom. The van der Waals surface area contributed by atoms with Crippen molar-refractivity contribution in [2.75, 3.05) is 44.9 Å². The maximum Gasteiger partial charge on any atom is 0.191 e. The molecular formula is C13H30IN3OS. The SMILES string of the molecule is CCCCOCCCN=C(NCC)NCCSC.I. The summed E-state index contributed by atoms with van der Waals surface area (Å²) in [6, 6.07) is 0. The molecule has 19 heavy (non-hydrogen) atoms. The molecule has 4 nitrogen and oxygen atoms in total. The zero-order valence-corrected chi connectivity index (χ0v) is 15.7. The summed E-state index contributed by atoms with van der Waals surface area (Å²) < 4.78 is 5.50. The quantitative estimate of drug-likeness (QED) is 0.241. The molecule has 0 aliphatic rings. The summed E-state index contributed by atoms with van der Waals surface area (Å²) in [6.07, 6.45) is 5.45. The Morgan fingerprint density at radius 1 is 1.16 bits per heavy atom. The van der Waals surface area contributed by atoms with Crippen LogP contribution in [0.3, 0.4) is 0 Å². The van der Waals surface area contributed by atoms with Gasteiger partial charge in [0.25, 0.3) is 0 Å². The average Bonchev–Trinajstić information content (AvgIpc) is 2.38. The number of aliphatic imine (C=N–C) groups is 1. The molecule has 6 heteroatoms. The third kappa shape index (κ3) is 16.3. The van der Waals surface area contributed by atoms with E-state index in [1.807, 2.05) is 11.8 Å². The Morgan fingerprint density at radius 3 is 2.53 bits per heavy atom. The van der Waals surface area contributed by atoms with Gasteiger partial charge in [-0.05, 0) is 26.0 Å². The largest absolute Gasteiger partial charge is 0.381 e. The van der Waals surface area contributed by atoms with Crippen molar-refractivity contribution in [2.24, 2.45) is 4.99 Å². The normalized spacial score (nSPS) is 11.0. The number of guanidine groups is 1. The van der Waals surface area contributed by atoms with Gasteiger partial charge in [0.1, 0.15) is 0 Å². The second kappa shape index (κ2) is 18.3. The van der Waals surface area contributed by atoms with Crippen LogP contribution in [0.25, 0.3) is 0 Å². The van der Waals surface area contributed by atoms with Gasteiger partial charge in [-0.15, -0.1) is 24.0 Å². The summed E-state index contributed by atoms with van der Waals surface area (Å²) >= 11 is 1.84. The summed E-state index contributed by atoms with van der Waals surface area (Å²) in [4.78, 5) is 4.51. The van der Waals surface area contributed by atoms with E-state index in [0.29, 0.717) is 0 Å². The van der Waals surface area contributed by atoms with Crippen molar-refractivity contribution in [3.05, 3.63) is 0 Å². The van der Waals surface area contributed by atoms with Gasteiger partial charge in [0.15, 0.2) is 5.96 Å². The molecule has 0 spiro atoms. The fourth-order valence-electron chi connectivity index (χ4n) is 1.32. The van der Waals surface area contributed by atoms with E-state index in [1.54, 1.807) is 0 Å². The molecule has 0 rings (SSSR count). The highest BCUT2D eigenvalue weighted by Gasteiger charge is 1.95. The Bertz CT molecular complexity index is 206. The predicted octanol–water partition coefficient (Wildman–Crippen LogP) is 2.73. The van der Waals surface area contributed by atoms with Crippen LogP contribution in [-0.2, 0) is 4.74 Å². The maximum atomic E-state index is 5.50. The number of nitrogens with zero attached hydrogens (tertiary/aromatic N) is 1. The minimum Gasteiger partial charge on any atom is -0.381 e. The molecule has 0 aliphatic carbocycles. The number of rotatable bonds is 11. The van der Waals surface area contributed by atoms with Crippen LogP contribution in [0.2, 0.25) is 0 Å². The van der Waals surface area contributed by atoms with E-state index in [-0.39, 0.29) is 24.0 Å². The Hall–Kier alpha value is 0.310. The standard InChI is InChI=1S/C13H29N3OS.HI/c1-4-6-10-17-11-7-8-15-13(14-5-2)16-9-12-18-3;/h4-12H2,1-3H3,(H2,14,15,16);1H. The van der Waals surface area contributed by atoms with E-state index in [0.717, 1.165) is 57.4 Å². The highest BCUT2D eigenvalue weighted by atomic mass is 127. The van der Waals surface area contributed by atoms with Gasteiger partial charge in [-0.2, -0.15) is 11.8 Å². The van der Waals surface area contributed by atoms with Gasteiger partial charge in [0.05, 0.1) is 0 Å². The molecule has 116 valence electrons. The molecule has 0 saturated heterocycles. The van der Waals surface area contributed by atoms with Crippen LogP contribution in [0.5, 0.6) is 0 Å². The molecule has 0 aromatic carbocycles. The van der Waals surface area contributed by atoms with Crippen LogP contribution in [0, 0.1) is 0 Å². The van der Waals surface area contributed by atoms with Crippen LogP contribution in [0.4, 0.5) is 0 Å². The number of thioether (sulfide) groups is 1. The summed E-state index contributed by atoms with van der Waals surface area (Å²) in [5, 5.41) is 6.55. The monoisotopic (exact) mass is 403 g/mol. The number of nitrogens with one attached hydrogen (secondary N) is 2. The molecule has 0 aromatic rings. The van der Waals surface area contributed by atoms with E-state index < -0.39 is 0 Å². The first kappa shape index (κ1) is 21.6. The predicted molar refractivity (Wildman–Crippen MR) is 98.1 cm³/mol. The van der Waals surface area contributed by atoms with Crippen molar-refractivity contribution >= 4 is 41.7 Å². The lowest BCUT2D eigenvalue weighted by Gasteiger charge is -2.10. The van der Waals surface area contributed by atoms with Gasteiger partial charge in [-0.1, -0.05) is 13.3 Å². The zero-order valence-electron chi connectivity index (χ0n) is 12.5. The summed E-state index contributed by atoms with van der Waals surface area (Å²) in [7, 11) is 0. The molecule has 0 bridgehead atoms. The Labute approximate surface area is 139 Å². The zero-order chi connectivity index (χ0) is 13.5. The van der Waals surface area contributed by atoms with Crippen molar-refractivity contribution in [3.8, 4) is 0 Å². The highest BCUT2D eigenvalue weighted by molar-refractivity contribution is 14.0. The maximum absolute atomic E-state index is 5.50. The molecule has 0 unspecified atom stereocenters. The van der Waals surface area contributed by atoms with Gasteiger partial charge in [0.2, 0.25) is 0 Å². The Balaban J connectivity index is 0. The molecule has 2 N–H and O–H groups in total. The summed E-state index contributed by atoms with van der Waals surface area (Å²) in [5.74, 6) is 2.02. The third-order valence-corrected chi connectivity index (χ3v) is 2.91.